The highest BCUT2D eigenvalue weighted by Gasteiger charge is 2.23. The summed E-state index contributed by atoms with van der Waals surface area (Å²) in [5.41, 5.74) is 3.77. The van der Waals surface area contributed by atoms with Crippen molar-refractivity contribution in [3.63, 3.8) is 0 Å². The first kappa shape index (κ1) is 11.1. The van der Waals surface area contributed by atoms with Crippen LogP contribution in [0.25, 0.3) is 0 Å². The lowest BCUT2D eigenvalue weighted by Crippen LogP contribution is -2.09. The van der Waals surface area contributed by atoms with Crippen LogP contribution in [0.5, 0.6) is 5.75 Å². The minimum absolute atomic E-state index is 0.165. The minimum atomic E-state index is 0.165. The molecule has 0 radical (unpaired) electrons. The van der Waals surface area contributed by atoms with Gasteiger partial charge in [0.1, 0.15) is 11.9 Å². The smallest absolute Gasteiger partial charge is 0.128 e. The molecule has 2 nitrogen and oxygen atoms in total. The van der Waals surface area contributed by atoms with Gasteiger partial charge in [-0.25, -0.2) is 0 Å². The Kier molecular flexibility index (Phi) is 2.71. The third-order valence-corrected chi connectivity index (χ3v) is 3.43. The number of hydrogen-bond donors (Lipinski definition) is 0. The summed E-state index contributed by atoms with van der Waals surface area (Å²) in [4.78, 5) is 2.11. The number of rotatable bonds is 2. The first-order valence-electron chi connectivity index (χ1n) is 6.26. The average molecular weight is 239 g/mol. The summed E-state index contributed by atoms with van der Waals surface area (Å²) in [7, 11) is 4.11. The standard InChI is InChI=1S/C16H17NO/c1-17(2)14-9-7-12(8-10-14)16-11-13-5-3-4-6-15(13)18-16/h3-10,16H,11H2,1-2H3. The molecule has 0 aromatic heterocycles. The van der Waals surface area contributed by atoms with Gasteiger partial charge < -0.3 is 9.64 Å². The maximum atomic E-state index is 5.98. The van der Waals surface area contributed by atoms with Crippen LogP contribution in [0.15, 0.2) is 48.5 Å². The Labute approximate surface area is 108 Å². The van der Waals surface area contributed by atoms with E-state index >= 15 is 0 Å². The summed E-state index contributed by atoms with van der Waals surface area (Å²) in [6.45, 7) is 0. The number of ether oxygens (including phenoxy) is 1. The Balaban J connectivity index is 1.82. The first-order chi connectivity index (χ1) is 8.74. The predicted octanol–water partition coefficient (Wildman–Crippen LogP) is 3.43. The molecular weight excluding hydrogens is 222 g/mol. The summed E-state index contributed by atoms with van der Waals surface area (Å²) in [5.74, 6) is 1.03. The van der Waals surface area contributed by atoms with Gasteiger partial charge in [-0.1, -0.05) is 30.3 Å². The van der Waals surface area contributed by atoms with E-state index in [0.717, 1.165) is 12.2 Å². The van der Waals surface area contributed by atoms with E-state index in [1.165, 1.54) is 16.8 Å². The van der Waals surface area contributed by atoms with E-state index in [4.69, 9.17) is 4.74 Å². The number of anilines is 1. The van der Waals surface area contributed by atoms with Gasteiger partial charge in [-0.05, 0) is 29.3 Å². The number of hydrogen-bond acceptors (Lipinski definition) is 2. The van der Waals surface area contributed by atoms with E-state index < -0.39 is 0 Å². The summed E-state index contributed by atoms with van der Waals surface area (Å²) in [6.07, 6.45) is 1.14. The van der Waals surface area contributed by atoms with Crippen molar-refractivity contribution in [1.29, 1.82) is 0 Å². The second-order valence-corrected chi connectivity index (χ2v) is 4.90. The lowest BCUT2D eigenvalue weighted by molar-refractivity contribution is 0.238. The van der Waals surface area contributed by atoms with Crippen LogP contribution in [0.1, 0.15) is 17.2 Å². The molecule has 1 heterocycles. The maximum Gasteiger partial charge on any atom is 0.128 e. The topological polar surface area (TPSA) is 12.5 Å². The largest absolute Gasteiger partial charge is 0.485 e. The van der Waals surface area contributed by atoms with Crippen LogP contribution in [-0.4, -0.2) is 14.1 Å². The Morgan fingerprint density at radius 1 is 1.00 bits per heavy atom. The Hall–Kier alpha value is -1.96. The van der Waals surface area contributed by atoms with Crippen LogP contribution in [0, 0.1) is 0 Å². The molecule has 3 rings (SSSR count). The normalized spacial score (nSPS) is 17.1. The van der Waals surface area contributed by atoms with Crippen molar-refractivity contribution < 1.29 is 4.74 Å². The zero-order chi connectivity index (χ0) is 12.5. The zero-order valence-electron chi connectivity index (χ0n) is 10.8. The molecule has 0 spiro atoms. The van der Waals surface area contributed by atoms with Crippen LogP contribution in [0.3, 0.4) is 0 Å². The number of fused-ring (bicyclic) bond motifs is 1. The summed E-state index contributed by atoms with van der Waals surface area (Å²) < 4.78 is 5.98. The molecule has 1 unspecified atom stereocenters. The van der Waals surface area contributed by atoms with Crippen molar-refractivity contribution in [2.75, 3.05) is 19.0 Å². The van der Waals surface area contributed by atoms with Crippen molar-refractivity contribution >= 4 is 5.69 Å². The number of nitrogens with zero attached hydrogens (tertiary/aromatic N) is 1. The van der Waals surface area contributed by atoms with Crippen LogP contribution >= 0.6 is 0 Å². The van der Waals surface area contributed by atoms with Crippen molar-refractivity contribution in [3.8, 4) is 5.75 Å². The van der Waals surface area contributed by atoms with Crippen LogP contribution in [0.2, 0.25) is 0 Å². The van der Waals surface area contributed by atoms with E-state index in [9.17, 15) is 0 Å². The van der Waals surface area contributed by atoms with E-state index in [1.807, 2.05) is 12.1 Å². The van der Waals surface area contributed by atoms with Crippen molar-refractivity contribution in [2.24, 2.45) is 0 Å². The van der Waals surface area contributed by atoms with Gasteiger partial charge in [-0.2, -0.15) is 0 Å². The van der Waals surface area contributed by atoms with Crippen LogP contribution < -0.4 is 9.64 Å². The lowest BCUT2D eigenvalue weighted by atomic mass is 10.0. The molecule has 18 heavy (non-hydrogen) atoms. The highest BCUT2D eigenvalue weighted by atomic mass is 16.5. The second-order valence-electron chi connectivity index (χ2n) is 4.90. The molecule has 2 aromatic carbocycles. The molecule has 1 aliphatic rings. The van der Waals surface area contributed by atoms with E-state index in [-0.39, 0.29) is 6.10 Å². The second kappa shape index (κ2) is 4.37. The third kappa shape index (κ3) is 1.94. The molecular formula is C16H17NO. The SMILES string of the molecule is CN(C)c1ccc(C2Cc3ccccc3O2)cc1. The fourth-order valence-electron chi connectivity index (χ4n) is 2.36. The van der Waals surface area contributed by atoms with Gasteiger partial charge in [-0.15, -0.1) is 0 Å². The highest BCUT2D eigenvalue weighted by Crippen LogP contribution is 2.36. The quantitative estimate of drug-likeness (QED) is 0.796. The molecule has 2 heteroatoms. The summed E-state index contributed by atoms with van der Waals surface area (Å²) in [6, 6.07) is 16.9. The molecule has 0 saturated heterocycles. The molecule has 0 amide bonds. The molecule has 2 aromatic rings. The maximum absolute atomic E-state index is 5.98. The molecule has 92 valence electrons. The van der Waals surface area contributed by atoms with Gasteiger partial charge >= 0.3 is 0 Å². The van der Waals surface area contributed by atoms with Crippen molar-refractivity contribution in [3.05, 3.63) is 59.7 Å². The zero-order valence-corrected chi connectivity index (χ0v) is 10.8. The fraction of sp³-hybridized carbons (Fsp3) is 0.250. The van der Waals surface area contributed by atoms with Gasteiger partial charge in [0.15, 0.2) is 0 Å². The Morgan fingerprint density at radius 3 is 2.39 bits per heavy atom. The summed E-state index contributed by atoms with van der Waals surface area (Å²) in [5, 5.41) is 0. The van der Waals surface area contributed by atoms with E-state index in [1.54, 1.807) is 0 Å². The molecule has 1 aliphatic heterocycles. The third-order valence-electron chi connectivity index (χ3n) is 3.43. The van der Waals surface area contributed by atoms with Gasteiger partial charge in [0.25, 0.3) is 0 Å². The molecule has 0 bridgehead atoms. The fourth-order valence-corrected chi connectivity index (χ4v) is 2.36. The average Bonchev–Trinajstić information content (AvgIpc) is 2.82. The number of benzene rings is 2. The van der Waals surface area contributed by atoms with Gasteiger partial charge in [0.05, 0.1) is 0 Å². The van der Waals surface area contributed by atoms with E-state index in [0.29, 0.717) is 0 Å². The molecule has 1 atom stereocenters. The van der Waals surface area contributed by atoms with E-state index in [2.05, 4.69) is 55.4 Å². The molecule has 0 saturated carbocycles. The summed E-state index contributed by atoms with van der Waals surface area (Å²) >= 11 is 0. The van der Waals surface area contributed by atoms with Crippen LogP contribution in [-0.2, 0) is 6.42 Å². The monoisotopic (exact) mass is 239 g/mol. The molecule has 0 N–H and O–H groups in total. The lowest BCUT2D eigenvalue weighted by Gasteiger charge is -2.15. The van der Waals surface area contributed by atoms with Gasteiger partial charge in [-0.3, -0.25) is 0 Å². The molecule has 0 fully saturated rings. The van der Waals surface area contributed by atoms with Gasteiger partial charge in [0, 0.05) is 26.2 Å². The Bertz CT molecular complexity index is 520. The van der Waals surface area contributed by atoms with Gasteiger partial charge in [0.2, 0.25) is 0 Å². The van der Waals surface area contributed by atoms with Crippen molar-refractivity contribution in [2.45, 2.75) is 12.5 Å². The Morgan fingerprint density at radius 2 is 1.72 bits per heavy atom. The minimum Gasteiger partial charge on any atom is -0.485 e. The molecule has 0 aliphatic carbocycles. The van der Waals surface area contributed by atoms with Crippen LogP contribution in [0.4, 0.5) is 5.69 Å². The highest BCUT2D eigenvalue weighted by molar-refractivity contribution is 5.47. The number of para-hydroxylation sites is 1. The predicted molar refractivity (Wildman–Crippen MR) is 74.3 cm³/mol. The van der Waals surface area contributed by atoms with Crippen molar-refractivity contribution in [1.82, 2.24) is 0 Å². The first-order valence-corrected chi connectivity index (χ1v) is 6.26.